The van der Waals surface area contributed by atoms with Crippen LogP contribution >= 0.6 is 0 Å². The lowest BCUT2D eigenvalue weighted by atomic mass is 10.1. The van der Waals surface area contributed by atoms with E-state index in [9.17, 15) is 4.79 Å². The molecular formula is C21H23N3O2. The third-order valence-corrected chi connectivity index (χ3v) is 4.00. The van der Waals surface area contributed by atoms with Gasteiger partial charge >= 0.3 is 0 Å². The van der Waals surface area contributed by atoms with Crippen molar-refractivity contribution in [3.63, 3.8) is 0 Å². The SMILES string of the molecule is Cc1c(C(=O)Nc2ccccc2Oc2ccccc2)cnn1C(C)(C)C. The van der Waals surface area contributed by atoms with E-state index in [0.717, 1.165) is 5.69 Å². The molecule has 0 bridgehead atoms. The third-order valence-electron chi connectivity index (χ3n) is 4.00. The predicted molar refractivity (Wildman–Crippen MR) is 103 cm³/mol. The molecule has 3 aromatic rings. The van der Waals surface area contributed by atoms with E-state index in [4.69, 9.17) is 4.74 Å². The van der Waals surface area contributed by atoms with Crippen molar-refractivity contribution in [3.8, 4) is 11.5 Å². The normalized spacial score (nSPS) is 11.2. The van der Waals surface area contributed by atoms with Crippen molar-refractivity contribution in [1.29, 1.82) is 0 Å². The fourth-order valence-electron chi connectivity index (χ4n) is 2.77. The number of hydrogen-bond donors (Lipinski definition) is 1. The zero-order chi connectivity index (χ0) is 18.7. The van der Waals surface area contributed by atoms with Crippen LogP contribution in [0.15, 0.2) is 60.8 Å². The largest absolute Gasteiger partial charge is 0.455 e. The van der Waals surface area contributed by atoms with Crippen molar-refractivity contribution in [3.05, 3.63) is 72.1 Å². The Morgan fingerprint density at radius 1 is 1.04 bits per heavy atom. The number of ether oxygens (including phenoxy) is 1. The zero-order valence-electron chi connectivity index (χ0n) is 15.5. The highest BCUT2D eigenvalue weighted by atomic mass is 16.5. The maximum Gasteiger partial charge on any atom is 0.259 e. The van der Waals surface area contributed by atoms with Gasteiger partial charge in [0.05, 0.1) is 23.0 Å². The van der Waals surface area contributed by atoms with Crippen LogP contribution in [0.4, 0.5) is 5.69 Å². The van der Waals surface area contributed by atoms with Crippen molar-refractivity contribution in [2.45, 2.75) is 33.2 Å². The van der Waals surface area contributed by atoms with Crippen LogP contribution in [0.3, 0.4) is 0 Å². The second kappa shape index (κ2) is 7.04. The maximum atomic E-state index is 12.8. The van der Waals surface area contributed by atoms with Gasteiger partial charge < -0.3 is 10.1 Å². The summed E-state index contributed by atoms with van der Waals surface area (Å²) in [7, 11) is 0. The highest BCUT2D eigenvalue weighted by Gasteiger charge is 2.22. The van der Waals surface area contributed by atoms with Gasteiger partial charge in [-0.15, -0.1) is 0 Å². The first-order valence-electron chi connectivity index (χ1n) is 8.54. The van der Waals surface area contributed by atoms with Crippen molar-refractivity contribution >= 4 is 11.6 Å². The molecule has 2 aromatic carbocycles. The van der Waals surface area contributed by atoms with E-state index in [1.54, 1.807) is 6.20 Å². The molecule has 0 atom stereocenters. The number of anilines is 1. The first-order chi connectivity index (χ1) is 12.4. The number of amides is 1. The number of rotatable bonds is 4. The second-order valence-electron chi connectivity index (χ2n) is 7.09. The van der Waals surface area contributed by atoms with E-state index in [0.29, 0.717) is 22.7 Å². The summed E-state index contributed by atoms with van der Waals surface area (Å²) in [5.41, 5.74) is 1.81. The molecule has 1 heterocycles. The van der Waals surface area contributed by atoms with E-state index >= 15 is 0 Å². The fourth-order valence-corrected chi connectivity index (χ4v) is 2.77. The van der Waals surface area contributed by atoms with Crippen LogP contribution in [0.1, 0.15) is 36.8 Å². The Bertz CT molecular complexity index is 909. The molecule has 1 N–H and O–H groups in total. The molecule has 0 aliphatic rings. The Morgan fingerprint density at radius 3 is 2.35 bits per heavy atom. The molecule has 0 unspecified atom stereocenters. The number of hydrogen-bond acceptors (Lipinski definition) is 3. The van der Waals surface area contributed by atoms with Gasteiger partial charge in [-0.2, -0.15) is 5.10 Å². The summed E-state index contributed by atoms with van der Waals surface area (Å²) in [6, 6.07) is 16.9. The summed E-state index contributed by atoms with van der Waals surface area (Å²) in [4.78, 5) is 12.8. The summed E-state index contributed by atoms with van der Waals surface area (Å²) < 4.78 is 7.76. The van der Waals surface area contributed by atoms with E-state index in [1.165, 1.54) is 0 Å². The number of para-hydroxylation sites is 3. The number of carbonyl (C=O) groups is 1. The Balaban J connectivity index is 1.84. The molecule has 1 aromatic heterocycles. The van der Waals surface area contributed by atoms with Gasteiger partial charge in [0, 0.05) is 5.69 Å². The Morgan fingerprint density at radius 2 is 1.69 bits per heavy atom. The van der Waals surface area contributed by atoms with Crippen LogP contribution in [0.25, 0.3) is 0 Å². The van der Waals surface area contributed by atoms with Gasteiger partial charge in [-0.05, 0) is 52.0 Å². The summed E-state index contributed by atoms with van der Waals surface area (Å²) in [6.45, 7) is 8.06. The molecule has 0 spiro atoms. The number of benzene rings is 2. The molecule has 5 nitrogen and oxygen atoms in total. The molecule has 0 fully saturated rings. The van der Waals surface area contributed by atoms with Gasteiger partial charge in [0.15, 0.2) is 5.75 Å². The smallest absolute Gasteiger partial charge is 0.259 e. The molecule has 3 rings (SSSR count). The zero-order valence-corrected chi connectivity index (χ0v) is 15.5. The van der Waals surface area contributed by atoms with Crippen LogP contribution in [0.5, 0.6) is 11.5 Å². The van der Waals surface area contributed by atoms with Gasteiger partial charge in [-0.1, -0.05) is 30.3 Å². The first-order valence-corrected chi connectivity index (χ1v) is 8.54. The lowest BCUT2D eigenvalue weighted by molar-refractivity contribution is 0.102. The van der Waals surface area contributed by atoms with Crippen molar-refractivity contribution in [2.24, 2.45) is 0 Å². The summed E-state index contributed by atoms with van der Waals surface area (Å²) >= 11 is 0. The molecule has 26 heavy (non-hydrogen) atoms. The van der Waals surface area contributed by atoms with Crippen molar-refractivity contribution in [2.75, 3.05) is 5.32 Å². The lowest BCUT2D eigenvalue weighted by Crippen LogP contribution is -2.25. The summed E-state index contributed by atoms with van der Waals surface area (Å²) in [6.07, 6.45) is 1.61. The Kier molecular flexibility index (Phi) is 4.80. The molecule has 134 valence electrons. The molecular weight excluding hydrogens is 326 g/mol. The van der Waals surface area contributed by atoms with Gasteiger partial charge in [-0.25, -0.2) is 0 Å². The Labute approximate surface area is 153 Å². The molecule has 0 saturated carbocycles. The highest BCUT2D eigenvalue weighted by Crippen LogP contribution is 2.30. The fraction of sp³-hybridized carbons (Fsp3) is 0.238. The number of nitrogens with zero attached hydrogens (tertiary/aromatic N) is 2. The first kappa shape index (κ1) is 17.7. The molecule has 1 amide bonds. The maximum absolute atomic E-state index is 12.8. The number of carbonyl (C=O) groups excluding carboxylic acids is 1. The van der Waals surface area contributed by atoms with Crippen LogP contribution in [-0.4, -0.2) is 15.7 Å². The van der Waals surface area contributed by atoms with Crippen LogP contribution in [-0.2, 0) is 5.54 Å². The monoisotopic (exact) mass is 349 g/mol. The molecule has 0 radical (unpaired) electrons. The van der Waals surface area contributed by atoms with Crippen LogP contribution < -0.4 is 10.1 Å². The minimum absolute atomic E-state index is 0.184. The topological polar surface area (TPSA) is 56.1 Å². The second-order valence-corrected chi connectivity index (χ2v) is 7.09. The van der Waals surface area contributed by atoms with E-state index in [2.05, 4.69) is 31.2 Å². The molecule has 0 aliphatic heterocycles. The van der Waals surface area contributed by atoms with Crippen molar-refractivity contribution < 1.29 is 9.53 Å². The quantitative estimate of drug-likeness (QED) is 0.722. The summed E-state index contributed by atoms with van der Waals surface area (Å²) in [5.74, 6) is 1.10. The minimum Gasteiger partial charge on any atom is -0.455 e. The Hall–Kier alpha value is -3.08. The van der Waals surface area contributed by atoms with E-state index in [-0.39, 0.29) is 11.4 Å². The van der Waals surface area contributed by atoms with Crippen LogP contribution in [0, 0.1) is 6.92 Å². The van der Waals surface area contributed by atoms with Gasteiger partial charge in [0.1, 0.15) is 5.75 Å². The summed E-state index contributed by atoms with van der Waals surface area (Å²) in [5, 5.41) is 7.30. The molecule has 0 aliphatic carbocycles. The lowest BCUT2D eigenvalue weighted by Gasteiger charge is -2.21. The molecule has 5 heteroatoms. The van der Waals surface area contributed by atoms with Gasteiger partial charge in [-0.3, -0.25) is 9.48 Å². The number of nitrogens with one attached hydrogen (secondary N) is 1. The van der Waals surface area contributed by atoms with E-state index < -0.39 is 0 Å². The predicted octanol–water partition coefficient (Wildman–Crippen LogP) is 4.99. The van der Waals surface area contributed by atoms with Crippen molar-refractivity contribution in [1.82, 2.24) is 9.78 Å². The standard InChI is InChI=1S/C21H23N3O2/c1-15-17(14-22-24(15)21(2,3)4)20(25)23-18-12-8-9-13-19(18)26-16-10-6-5-7-11-16/h5-14H,1-4H3,(H,23,25). The molecule has 0 saturated heterocycles. The van der Waals surface area contributed by atoms with Crippen LogP contribution in [0.2, 0.25) is 0 Å². The van der Waals surface area contributed by atoms with Gasteiger partial charge in [0.25, 0.3) is 5.91 Å². The van der Waals surface area contributed by atoms with E-state index in [1.807, 2.05) is 66.2 Å². The van der Waals surface area contributed by atoms with Gasteiger partial charge in [0.2, 0.25) is 0 Å². The average Bonchev–Trinajstić information content (AvgIpc) is 2.99. The number of aromatic nitrogens is 2. The third kappa shape index (κ3) is 3.77. The average molecular weight is 349 g/mol. The minimum atomic E-state index is -0.206. The highest BCUT2D eigenvalue weighted by molar-refractivity contribution is 6.05.